The van der Waals surface area contributed by atoms with Gasteiger partial charge in [0.05, 0.1) is 11.1 Å². The molecule has 0 saturated carbocycles. The lowest BCUT2D eigenvalue weighted by Gasteiger charge is -2.34. The quantitative estimate of drug-likeness (QED) is 0.169. The maximum atomic E-state index is 2.48. The van der Waals surface area contributed by atoms with Gasteiger partial charge in [-0.25, -0.2) is 0 Å². The van der Waals surface area contributed by atoms with E-state index in [1.54, 1.807) is 0 Å². The molecule has 0 amide bonds. The van der Waals surface area contributed by atoms with E-state index in [1.165, 1.54) is 66.8 Å². The molecule has 252 valence electrons. The number of hydrogen-bond acceptors (Lipinski definition) is 1. The lowest BCUT2D eigenvalue weighted by Crippen LogP contribution is -2.28. The summed E-state index contributed by atoms with van der Waals surface area (Å²) in [4.78, 5) is 2.48. The van der Waals surface area contributed by atoms with E-state index < -0.39 is 5.41 Å². The molecule has 8 aromatic carbocycles. The maximum absolute atomic E-state index is 2.48. The summed E-state index contributed by atoms with van der Waals surface area (Å²) in [5.41, 5.74) is 18.4. The molecule has 0 saturated heterocycles. The van der Waals surface area contributed by atoms with Crippen molar-refractivity contribution in [1.82, 2.24) is 0 Å². The van der Waals surface area contributed by atoms with Gasteiger partial charge in [0.2, 0.25) is 0 Å². The Bertz CT molecular complexity index is 2600. The molecule has 0 aromatic heterocycles. The second-order valence-corrected chi connectivity index (χ2v) is 14.9. The normalized spacial score (nSPS) is 14.2. The van der Waals surface area contributed by atoms with Crippen molar-refractivity contribution in [2.75, 3.05) is 4.90 Å². The van der Waals surface area contributed by atoms with Gasteiger partial charge in [-0.15, -0.1) is 0 Å². The van der Waals surface area contributed by atoms with E-state index in [1.807, 2.05) is 0 Å². The molecule has 0 radical (unpaired) electrons. The van der Waals surface area contributed by atoms with Crippen LogP contribution < -0.4 is 4.90 Å². The fourth-order valence-electron chi connectivity index (χ4n) is 9.37. The van der Waals surface area contributed by atoms with Crippen LogP contribution in [0.4, 0.5) is 17.1 Å². The van der Waals surface area contributed by atoms with Gasteiger partial charge in [0.1, 0.15) is 0 Å². The molecule has 0 aliphatic heterocycles. The molecule has 1 nitrogen and oxygen atoms in total. The fourth-order valence-corrected chi connectivity index (χ4v) is 9.37. The largest absolute Gasteiger partial charge is 0.310 e. The third kappa shape index (κ3) is 4.64. The minimum atomic E-state index is -0.441. The highest BCUT2D eigenvalue weighted by Crippen LogP contribution is 2.58. The molecular formula is C52H39N. The maximum Gasteiger partial charge on any atom is 0.0713 e. The Morgan fingerprint density at radius 3 is 1.49 bits per heavy atom. The van der Waals surface area contributed by atoms with Crippen molar-refractivity contribution < 1.29 is 0 Å². The van der Waals surface area contributed by atoms with Crippen LogP contribution in [0, 0.1) is 0 Å². The minimum absolute atomic E-state index is 0.117. The number of anilines is 3. The summed E-state index contributed by atoms with van der Waals surface area (Å²) in [7, 11) is 0. The Balaban J connectivity index is 1.24. The van der Waals surface area contributed by atoms with E-state index in [0.717, 1.165) is 17.1 Å². The van der Waals surface area contributed by atoms with Crippen LogP contribution in [0.15, 0.2) is 200 Å². The predicted molar refractivity (Wildman–Crippen MR) is 221 cm³/mol. The molecule has 2 aliphatic carbocycles. The van der Waals surface area contributed by atoms with Crippen molar-refractivity contribution >= 4 is 17.1 Å². The zero-order chi connectivity index (χ0) is 35.6. The van der Waals surface area contributed by atoms with E-state index >= 15 is 0 Å². The van der Waals surface area contributed by atoms with Crippen LogP contribution >= 0.6 is 0 Å². The molecule has 0 fully saturated rings. The smallest absolute Gasteiger partial charge is 0.0713 e. The summed E-state index contributed by atoms with van der Waals surface area (Å²) in [6, 6.07) is 73.9. The summed E-state index contributed by atoms with van der Waals surface area (Å²) in [6.45, 7) is 4.73. The van der Waals surface area contributed by atoms with Gasteiger partial charge in [-0.05, 0) is 91.5 Å². The first-order valence-corrected chi connectivity index (χ1v) is 18.6. The van der Waals surface area contributed by atoms with Gasteiger partial charge >= 0.3 is 0 Å². The SMILES string of the molecule is CC1(C)c2ccccc2-c2ccc(N(c3ccc4c(c3)-c3ccccc3C4(c3ccccc3)c3ccccc3)c3ccccc3-c3ccccc3)cc21. The predicted octanol–water partition coefficient (Wildman–Crippen LogP) is 13.5. The van der Waals surface area contributed by atoms with E-state index in [0.29, 0.717) is 0 Å². The fraction of sp³-hybridized carbons (Fsp3) is 0.0769. The van der Waals surface area contributed by atoms with E-state index in [-0.39, 0.29) is 5.41 Å². The topological polar surface area (TPSA) is 3.24 Å². The highest BCUT2D eigenvalue weighted by atomic mass is 15.1. The molecule has 0 spiro atoms. The Hall–Kier alpha value is -6.44. The Morgan fingerprint density at radius 2 is 0.811 bits per heavy atom. The molecule has 0 heterocycles. The minimum Gasteiger partial charge on any atom is -0.310 e. The van der Waals surface area contributed by atoms with Crippen molar-refractivity contribution in [3.8, 4) is 33.4 Å². The molecule has 53 heavy (non-hydrogen) atoms. The van der Waals surface area contributed by atoms with Gasteiger partial charge in [0, 0.05) is 22.4 Å². The second-order valence-electron chi connectivity index (χ2n) is 14.9. The number of benzene rings is 8. The lowest BCUT2D eigenvalue weighted by molar-refractivity contribution is 0.660. The van der Waals surface area contributed by atoms with Gasteiger partial charge in [0.25, 0.3) is 0 Å². The van der Waals surface area contributed by atoms with Crippen LogP contribution in [0.3, 0.4) is 0 Å². The van der Waals surface area contributed by atoms with Crippen molar-refractivity contribution in [1.29, 1.82) is 0 Å². The summed E-state index contributed by atoms with van der Waals surface area (Å²) in [6.07, 6.45) is 0. The van der Waals surface area contributed by atoms with Crippen molar-refractivity contribution in [3.63, 3.8) is 0 Å². The molecule has 0 atom stereocenters. The zero-order valence-corrected chi connectivity index (χ0v) is 30.0. The van der Waals surface area contributed by atoms with Gasteiger partial charge in [0.15, 0.2) is 0 Å². The number of fused-ring (bicyclic) bond motifs is 6. The molecule has 0 unspecified atom stereocenters. The Labute approximate surface area is 312 Å². The molecule has 1 heteroatoms. The third-order valence-electron chi connectivity index (χ3n) is 11.8. The van der Waals surface area contributed by atoms with Crippen molar-refractivity contribution in [2.45, 2.75) is 24.7 Å². The second kappa shape index (κ2) is 12.1. The number of nitrogens with zero attached hydrogens (tertiary/aromatic N) is 1. The molecule has 0 N–H and O–H groups in total. The van der Waals surface area contributed by atoms with Crippen LogP contribution in [0.5, 0.6) is 0 Å². The molecule has 10 rings (SSSR count). The highest BCUT2D eigenvalue weighted by Gasteiger charge is 2.46. The van der Waals surface area contributed by atoms with Gasteiger partial charge in [-0.1, -0.05) is 184 Å². The first-order valence-electron chi connectivity index (χ1n) is 18.6. The van der Waals surface area contributed by atoms with Crippen LogP contribution in [0.1, 0.15) is 47.2 Å². The summed E-state index contributed by atoms with van der Waals surface area (Å²) in [5, 5.41) is 0. The average molecular weight is 678 g/mol. The van der Waals surface area contributed by atoms with Gasteiger partial charge in [-0.2, -0.15) is 0 Å². The van der Waals surface area contributed by atoms with E-state index in [9.17, 15) is 0 Å². The van der Waals surface area contributed by atoms with E-state index in [4.69, 9.17) is 0 Å². The third-order valence-corrected chi connectivity index (χ3v) is 11.8. The number of rotatable bonds is 6. The molecule has 2 aliphatic rings. The highest BCUT2D eigenvalue weighted by molar-refractivity contribution is 5.94. The summed E-state index contributed by atoms with van der Waals surface area (Å²) < 4.78 is 0. The van der Waals surface area contributed by atoms with E-state index in [2.05, 4.69) is 219 Å². The van der Waals surface area contributed by atoms with Gasteiger partial charge in [-0.3, -0.25) is 0 Å². The Morgan fingerprint density at radius 1 is 0.340 bits per heavy atom. The summed E-state index contributed by atoms with van der Waals surface area (Å²) in [5.74, 6) is 0. The molecule has 8 aromatic rings. The van der Waals surface area contributed by atoms with Crippen LogP contribution in [-0.4, -0.2) is 0 Å². The standard InChI is InChI=1S/C52H39N/c1-51(2)46-27-15-12-25-42(46)44-32-30-40(35-49(44)51)53(50-29-17-14-24-41(50)36-18-6-3-7-19-36)39-31-33-48-45(34-39)43-26-13-16-28-47(43)52(48,37-20-8-4-9-21-37)38-22-10-5-11-23-38/h3-35H,1-2H3. The average Bonchev–Trinajstić information content (AvgIpc) is 3.65. The monoisotopic (exact) mass is 677 g/mol. The number of hydrogen-bond donors (Lipinski definition) is 0. The van der Waals surface area contributed by atoms with Crippen LogP contribution in [0.2, 0.25) is 0 Å². The first-order chi connectivity index (χ1) is 26.1. The van der Waals surface area contributed by atoms with Crippen molar-refractivity contribution in [2.24, 2.45) is 0 Å². The zero-order valence-electron chi connectivity index (χ0n) is 30.0. The van der Waals surface area contributed by atoms with Crippen molar-refractivity contribution in [3.05, 3.63) is 234 Å². The number of para-hydroxylation sites is 1. The molecule has 0 bridgehead atoms. The van der Waals surface area contributed by atoms with Gasteiger partial charge < -0.3 is 4.90 Å². The Kier molecular flexibility index (Phi) is 7.13. The first kappa shape index (κ1) is 31.3. The lowest BCUT2D eigenvalue weighted by atomic mass is 9.68. The van der Waals surface area contributed by atoms with Crippen LogP contribution in [-0.2, 0) is 10.8 Å². The summed E-state index contributed by atoms with van der Waals surface area (Å²) >= 11 is 0. The molecular weight excluding hydrogens is 639 g/mol. The van der Waals surface area contributed by atoms with Crippen LogP contribution in [0.25, 0.3) is 33.4 Å².